The number of carbonyl (C=O) groups is 2. The molecule has 0 unspecified atom stereocenters. The fourth-order valence-corrected chi connectivity index (χ4v) is 3.37. The molecule has 0 aliphatic heterocycles. The van der Waals surface area contributed by atoms with Gasteiger partial charge in [-0.1, -0.05) is 71.9 Å². The molecule has 5 heteroatoms. The Morgan fingerprint density at radius 1 is 0.636 bits per heavy atom. The van der Waals surface area contributed by atoms with E-state index in [4.69, 9.17) is 4.84 Å². The summed E-state index contributed by atoms with van der Waals surface area (Å²) in [6, 6.07) is 35.7. The number of ketones is 1. The lowest BCUT2D eigenvalue weighted by Gasteiger charge is -2.25. The summed E-state index contributed by atoms with van der Waals surface area (Å²) in [4.78, 5) is 32.2. The van der Waals surface area contributed by atoms with Crippen molar-refractivity contribution in [3.63, 3.8) is 0 Å². The van der Waals surface area contributed by atoms with Crippen LogP contribution in [0.1, 0.15) is 27.6 Å². The van der Waals surface area contributed by atoms with E-state index in [9.17, 15) is 9.59 Å². The van der Waals surface area contributed by atoms with Gasteiger partial charge in [0.1, 0.15) is 5.71 Å². The molecule has 5 nitrogen and oxygen atoms in total. The Morgan fingerprint density at radius 3 is 1.70 bits per heavy atom. The van der Waals surface area contributed by atoms with Gasteiger partial charge >= 0.3 is 5.97 Å². The fraction of sp³-hybridized carbons (Fsp3) is 0.0357. The molecule has 0 aliphatic carbocycles. The van der Waals surface area contributed by atoms with Crippen molar-refractivity contribution >= 4 is 34.5 Å². The highest BCUT2D eigenvalue weighted by molar-refractivity contribution is 6.45. The van der Waals surface area contributed by atoms with Crippen LogP contribution in [0.15, 0.2) is 120 Å². The van der Waals surface area contributed by atoms with Gasteiger partial charge in [0.05, 0.1) is 5.56 Å². The summed E-state index contributed by atoms with van der Waals surface area (Å²) in [7, 11) is 0. The van der Waals surface area contributed by atoms with E-state index < -0.39 is 5.97 Å². The smallest absolute Gasteiger partial charge is 0.312 e. The molecule has 33 heavy (non-hydrogen) atoms. The first-order valence-corrected chi connectivity index (χ1v) is 10.5. The number of nitrogens with zero attached hydrogens (tertiary/aromatic N) is 2. The predicted octanol–water partition coefficient (Wildman–Crippen LogP) is 6.57. The lowest BCUT2D eigenvalue weighted by molar-refractivity contribution is 0.0515. The van der Waals surface area contributed by atoms with Gasteiger partial charge in [0.15, 0.2) is 0 Å². The van der Waals surface area contributed by atoms with Gasteiger partial charge < -0.3 is 9.74 Å². The SMILES string of the molecule is C/C(=N\OC(=O)c1ccccc1)C(=O)c1cccc(N(c2ccccc2)c2ccccc2)c1. The molecule has 0 heterocycles. The van der Waals surface area contributed by atoms with Crippen LogP contribution in [0.2, 0.25) is 0 Å². The third-order valence-corrected chi connectivity index (χ3v) is 5.00. The second-order valence-corrected chi connectivity index (χ2v) is 7.31. The van der Waals surface area contributed by atoms with Gasteiger partial charge in [-0.25, -0.2) is 4.79 Å². The van der Waals surface area contributed by atoms with Crippen molar-refractivity contribution in [2.24, 2.45) is 5.16 Å². The topological polar surface area (TPSA) is 59.0 Å². The maximum absolute atomic E-state index is 13.0. The summed E-state index contributed by atoms with van der Waals surface area (Å²) in [6.45, 7) is 1.53. The molecular weight excluding hydrogens is 412 g/mol. The highest BCUT2D eigenvalue weighted by Crippen LogP contribution is 2.34. The molecule has 4 aromatic rings. The van der Waals surface area contributed by atoms with Crippen molar-refractivity contribution in [3.8, 4) is 0 Å². The van der Waals surface area contributed by atoms with E-state index in [0.29, 0.717) is 11.1 Å². The van der Waals surface area contributed by atoms with Gasteiger partial charge in [-0.05, 0) is 55.5 Å². The minimum atomic E-state index is -0.615. The number of hydrogen-bond acceptors (Lipinski definition) is 5. The molecule has 0 radical (unpaired) electrons. The molecule has 0 atom stereocenters. The van der Waals surface area contributed by atoms with E-state index in [2.05, 4.69) is 10.1 Å². The Kier molecular flexibility index (Phi) is 6.71. The number of carbonyl (C=O) groups excluding carboxylic acids is 2. The van der Waals surface area contributed by atoms with Crippen molar-refractivity contribution in [1.29, 1.82) is 0 Å². The minimum absolute atomic E-state index is 0.0856. The Labute approximate surface area is 192 Å². The minimum Gasteiger partial charge on any atom is -0.312 e. The largest absolute Gasteiger partial charge is 0.365 e. The predicted molar refractivity (Wildman–Crippen MR) is 130 cm³/mol. The average molecular weight is 434 g/mol. The first kappa shape index (κ1) is 21.7. The zero-order valence-corrected chi connectivity index (χ0v) is 18.1. The third-order valence-electron chi connectivity index (χ3n) is 5.00. The molecule has 0 amide bonds. The van der Waals surface area contributed by atoms with E-state index in [1.165, 1.54) is 6.92 Å². The number of benzene rings is 4. The molecule has 0 spiro atoms. The summed E-state index contributed by atoms with van der Waals surface area (Å²) >= 11 is 0. The van der Waals surface area contributed by atoms with Crippen LogP contribution in [0.5, 0.6) is 0 Å². The number of Topliss-reactive ketones (excluding diaryl/α,β-unsaturated/α-hetero) is 1. The van der Waals surface area contributed by atoms with Gasteiger partial charge in [-0.2, -0.15) is 0 Å². The number of para-hydroxylation sites is 2. The van der Waals surface area contributed by atoms with Crippen LogP contribution in [0.4, 0.5) is 17.1 Å². The zero-order chi connectivity index (χ0) is 23.0. The number of rotatable bonds is 7. The highest BCUT2D eigenvalue weighted by atomic mass is 16.7. The Balaban J connectivity index is 1.60. The van der Waals surface area contributed by atoms with Crippen molar-refractivity contribution in [1.82, 2.24) is 0 Å². The molecule has 0 aliphatic rings. The fourth-order valence-electron chi connectivity index (χ4n) is 3.37. The number of hydrogen-bond donors (Lipinski definition) is 0. The summed E-state index contributed by atoms with van der Waals surface area (Å²) < 4.78 is 0. The van der Waals surface area contributed by atoms with Gasteiger partial charge in [-0.3, -0.25) is 4.79 Å². The van der Waals surface area contributed by atoms with Crippen LogP contribution in [0.3, 0.4) is 0 Å². The first-order chi connectivity index (χ1) is 16.1. The number of anilines is 3. The Bertz CT molecular complexity index is 1230. The normalized spacial score (nSPS) is 11.0. The summed E-state index contributed by atoms with van der Waals surface area (Å²) in [6.07, 6.45) is 0. The zero-order valence-electron chi connectivity index (χ0n) is 18.1. The van der Waals surface area contributed by atoms with E-state index in [1.54, 1.807) is 42.5 Å². The van der Waals surface area contributed by atoms with Crippen LogP contribution < -0.4 is 4.90 Å². The summed E-state index contributed by atoms with van der Waals surface area (Å²) in [5.41, 5.74) is 3.66. The van der Waals surface area contributed by atoms with Gasteiger partial charge in [-0.15, -0.1) is 0 Å². The molecule has 0 saturated carbocycles. The lowest BCUT2D eigenvalue weighted by atomic mass is 10.1. The second-order valence-electron chi connectivity index (χ2n) is 7.31. The molecule has 4 aromatic carbocycles. The molecule has 162 valence electrons. The standard InChI is InChI=1S/C28H22N2O3/c1-21(29-33-28(32)22-12-5-2-6-13-22)27(31)23-14-11-19-26(20-23)30(24-15-7-3-8-16-24)25-17-9-4-10-18-25/h2-20H,1H3/b29-21+. The van der Waals surface area contributed by atoms with E-state index in [0.717, 1.165) is 17.1 Å². The van der Waals surface area contributed by atoms with Crippen LogP contribution >= 0.6 is 0 Å². The average Bonchev–Trinajstić information content (AvgIpc) is 2.89. The monoisotopic (exact) mass is 434 g/mol. The number of oxime groups is 1. The van der Waals surface area contributed by atoms with Crippen LogP contribution in [-0.4, -0.2) is 17.5 Å². The third kappa shape index (κ3) is 5.22. The summed E-state index contributed by atoms with van der Waals surface area (Å²) in [5, 5.41) is 3.77. The van der Waals surface area contributed by atoms with Crippen LogP contribution in [0, 0.1) is 0 Å². The van der Waals surface area contributed by atoms with Gasteiger partial charge in [0, 0.05) is 22.6 Å². The lowest BCUT2D eigenvalue weighted by Crippen LogP contribution is -2.14. The highest BCUT2D eigenvalue weighted by Gasteiger charge is 2.16. The van der Waals surface area contributed by atoms with E-state index in [-0.39, 0.29) is 11.5 Å². The van der Waals surface area contributed by atoms with Crippen molar-refractivity contribution in [3.05, 3.63) is 126 Å². The maximum atomic E-state index is 13.0. The maximum Gasteiger partial charge on any atom is 0.365 e. The molecule has 0 aromatic heterocycles. The quantitative estimate of drug-likeness (QED) is 0.143. The van der Waals surface area contributed by atoms with Gasteiger partial charge in [0.2, 0.25) is 5.78 Å². The van der Waals surface area contributed by atoms with Crippen molar-refractivity contribution < 1.29 is 14.4 Å². The van der Waals surface area contributed by atoms with Crippen LogP contribution in [-0.2, 0) is 4.84 Å². The van der Waals surface area contributed by atoms with E-state index >= 15 is 0 Å². The van der Waals surface area contributed by atoms with Crippen molar-refractivity contribution in [2.75, 3.05) is 4.90 Å². The Hall–Kier alpha value is -4.51. The van der Waals surface area contributed by atoms with Crippen molar-refractivity contribution in [2.45, 2.75) is 6.92 Å². The molecule has 4 rings (SSSR count). The van der Waals surface area contributed by atoms with E-state index in [1.807, 2.05) is 72.8 Å². The molecular formula is C28H22N2O3. The molecule has 0 N–H and O–H groups in total. The molecule has 0 bridgehead atoms. The Morgan fingerprint density at radius 2 is 1.12 bits per heavy atom. The molecule has 0 fully saturated rings. The van der Waals surface area contributed by atoms with Gasteiger partial charge in [0.25, 0.3) is 0 Å². The summed E-state index contributed by atoms with van der Waals surface area (Å²) in [5.74, 6) is -0.936. The molecule has 0 saturated heterocycles. The second kappa shape index (κ2) is 10.2. The first-order valence-electron chi connectivity index (χ1n) is 10.5. The van der Waals surface area contributed by atoms with Crippen LogP contribution in [0.25, 0.3) is 0 Å².